The van der Waals surface area contributed by atoms with Crippen molar-refractivity contribution < 1.29 is 4.79 Å². The first-order valence-electron chi connectivity index (χ1n) is 8.27. The number of aromatic nitrogens is 4. The summed E-state index contributed by atoms with van der Waals surface area (Å²) in [4.78, 5) is 13.6. The van der Waals surface area contributed by atoms with Crippen LogP contribution in [0.5, 0.6) is 0 Å². The van der Waals surface area contributed by atoms with E-state index in [1.165, 1.54) is 23.1 Å². The summed E-state index contributed by atoms with van der Waals surface area (Å²) in [7, 11) is 0. The number of halogens is 1. The van der Waals surface area contributed by atoms with Gasteiger partial charge in [0.15, 0.2) is 4.34 Å². The smallest absolute Gasteiger partial charge is 0.259 e. The fourth-order valence-corrected chi connectivity index (χ4v) is 4.29. The van der Waals surface area contributed by atoms with E-state index in [2.05, 4.69) is 20.6 Å². The minimum absolute atomic E-state index is 0.236. The van der Waals surface area contributed by atoms with Gasteiger partial charge in [-0.2, -0.15) is 5.10 Å². The van der Waals surface area contributed by atoms with Crippen LogP contribution in [0.3, 0.4) is 0 Å². The average Bonchev–Trinajstić information content (AvgIpc) is 3.34. The van der Waals surface area contributed by atoms with Gasteiger partial charge < -0.3 is 5.32 Å². The van der Waals surface area contributed by atoms with Gasteiger partial charge in [-0.05, 0) is 37.3 Å². The Hall–Kier alpha value is -2.68. The lowest BCUT2D eigenvalue weighted by Crippen LogP contribution is -2.12. The Labute approximate surface area is 174 Å². The second-order valence-electron chi connectivity index (χ2n) is 5.81. The molecule has 0 spiro atoms. The molecule has 0 aliphatic heterocycles. The van der Waals surface area contributed by atoms with Crippen LogP contribution in [0.4, 0.5) is 5.69 Å². The normalized spacial score (nSPS) is 10.8. The molecule has 0 atom stereocenters. The van der Waals surface area contributed by atoms with Crippen LogP contribution in [-0.4, -0.2) is 25.9 Å². The molecule has 1 amide bonds. The molecule has 0 bridgehead atoms. The predicted octanol–water partition coefficient (Wildman–Crippen LogP) is 5.09. The Bertz CT molecular complexity index is 1110. The van der Waals surface area contributed by atoms with E-state index in [1.54, 1.807) is 22.5 Å². The molecule has 140 valence electrons. The molecule has 0 aliphatic rings. The van der Waals surface area contributed by atoms with Gasteiger partial charge in [-0.15, -0.1) is 10.2 Å². The highest BCUT2D eigenvalue weighted by atomic mass is 35.5. The highest BCUT2D eigenvalue weighted by Gasteiger charge is 2.15. The highest BCUT2D eigenvalue weighted by Crippen LogP contribution is 2.35. The summed E-state index contributed by atoms with van der Waals surface area (Å²) >= 11 is 9.24. The standard InChI is InChI=1S/C19H14ClN5OS2/c1-12-15(10-25(24-12)14-5-3-2-4-6-14)18(26)22-13-7-8-17(16(20)9-13)28-19-23-21-11-27-19/h2-11H,1H3,(H,22,26). The Morgan fingerprint density at radius 3 is 2.75 bits per heavy atom. The zero-order valence-corrected chi connectivity index (χ0v) is 17.1. The Morgan fingerprint density at radius 2 is 2.04 bits per heavy atom. The first-order chi connectivity index (χ1) is 13.6. The second-order valence-corrected chi connectivity index (χ2v) is 8.34. The molecule has 6 nitrogen and oxygen atoms in total. The number of para-hydroxylation sites is 1. The fraction of sp³-hybridized carbons (Fsp3) is 0.0526. The van der Waals surface area contributed by atoms with E-state index in [9.17, 15) is 4.79 Å². The van der Waals surface area contributed by atoms with E-state index in [0.29, 0.717) is 22.0 Å². The average molecular weight is 428 g/mol. The van der Waals surface area contributed by atoms with Crippen LogP contribution >= 0.6 is 34.7 Å². The highest BCUT2D eigenvalue weighted by molar-refractivity contribution is 8.01. The second kappa shape index (κ2) is 8.14. The molecule has 2 aromatic heterocycles. The molecule has 0 fully saturated rings. The lowest BCUT2D eigenvalue weighted by molar-refractivity contribution is 0.102. The number of carbonyl (C=O) groups is 1. The van der Waals surface area contributed by atoms with Crippen molar-refractivity contribution >= 4 is 46.3 Å². The van der Waals surface area contributed by atoms with E-state index < -0.39 is 0 Å². The third kappa shape index (κ3) is 4.09. The van der Waals surface area contributed by atoms with Crippen molar-refractivity contribution in [2.45, 2.75) is 16.2 Å². The van der Waals surface area contributed by atoms with Gasteiger partial charge in [0, 0.05) is 16.8 Å². The van der Waals surface area contributed by atoms with Gasteiger partial charge in [-0.3, -0.25) is 4.79 Å². The molecule has 4 aromatic rings. The minimum Gasteiger partial charge on any atom is -0.322 e. The van der Waals surface area contributed by atoms with Crippen molar-refractivity contribution in [2.75, 3.05) is 5.32 Å². The quantitative estimate of drug-likeness (QED) is 0.480. The maximum atomic E-state index is 12.7. The SMILES string of the molecule is Cc1nn(-c2ccccc2)cc1C(=O)Nc1ccc(Sc2nncs2)c(Cl)c1. The van der Waals surface area contributed by atoms with Crippen LogP contribution < -0.4 is 5.32 Å². The number of benzene rings is 2. The topological polar surface area (TPSA) is 72.7 Å². The number of rotatable bonds is 5. The molecule has 0 aliphatic carbocycles. The molecule has 2 aromatic carbocycles. The molecule has 0 radical (unpaired) electrons. The third-order valence-corrected chi connectivity index (χ3v) is 6.17. The molecule has 2 heterocycles. The molecule has 28 heavy (non-hydrogen) atoms. The summed E-state index contributed by atoms with van der Waals surface area (Å²) in [6.45, 7) is 1.81. The van der Waals surface area contributed by atoms with Crippen molar-refractivity contribution in [1.82, 2.24) is 20.0 Å². The number of hydrogen-bond donors (Lipinski definition) is 1. The van der Waals surface area contributed by atoms with Gasteiger partial charge in [0.2, 0.25) is 0 Å². The maximum Gasteiger partial charge on any atom is 0.259 e. The third-order valence-electron chi connectivity index (χ3n) is 3.89. The largest absolute Gasteiger partial charge is 0.322 e. The Morgan fingerprint density at radius 1 is 1.21 bits per heavy atom. The van der Waals surface area contributed by atoms with Gasteiger partial charge in [-0.1, -0.05) is 52.9 Å². The van der Waals surface area contributed by atoms with Crippen molar-refractivity contribution in [3.05, 3.63) is 76.5 Å². The number of nitrogens with one attached hydrogen (secondary N) is 1. The van der Waals surface area contributed by atoms with Gasteiger partial charge in [0.25, 0.3) is 5.91 Å². The summed E-state index contributed by atoms with van der Waals surface area (Å²) in [6, 6.07) is 15.0. The number of aryl methyl sites for hydroxylation is 1. The van der Waals surface area contributed by atoms with Crippen LogP contribution in [0.1, 0.15) is 16.1 Å². The molecule has 1 N–H and O–H groups in total. The molecule has 9 heteroatoms. The van der Waals surface area contributed by atoms with Crippen LogP contribution in [0, 0.1) is 6.92 Å². The fourth-order valence-electron chi connectivity index (χ4n) is 2.56. The molecule has 4 rings (SSSR count). The van der Waals surface area contributed by atoms with Gasteiger partial charge in [0.1, 0.15) is 5.51 Å². The van der Waals surface area contributed by atoms with Crippen molar-refractivity contribution in [2.24, 2.45) is 0 Å². The molecule has 0 saturated heterocycles. The van der Waals surface area contributed by atoms with E-state index >= 15 is 0 Å². The summed E-state index contributed by atoms with van der Waals surface area (Å²) in [5.41, 5.74) is 4.33. The molecular weight excluding hydrogens is 414 g/mol. The van der Waals surface area contributed by atoms with Crippen LogP contribution in [0.15, 0.2) is 69.5 Å². The van der Waals surface area contributed by atoms with Crippen molar-refractivity contribution in [3.63, 3.8) is 0 Å². The lowest BCUT2D eigenvalue weighted by atomic mass is 10.2. The monoisotopic (exact) mass is 427 g/mol. The molecule has 0 saturated carbocycles. The molecule has 0 unspecified atom stereocenters. The maximum absolute atomic E-state index is 12.7. The summed E-state index contributed by atoms with van der Waals surface area (Å²) in [6.07, 6.45) is 1.72. The lowest BCUT2D eigenvalue weighted by Gasteiger charge is -2.07. The van der Waals surface area contributed by atoms with E-state index in [1.807, 2.05) is 49.4 Å². The van der Waals surface area contributed by atoms with E-state index in [0.717, 1.165) is 14.9 Å². The van der Waals surface area contributed by atoms with Crippen LogP contribution in [0.2, 0.25) is 5.02 Å². The van der Waals surface area contributed by atoms with Crippen molar-refractivity contribution in [1.29, 1.82) is 0 Å². The number of anilines is 1. The minimum atomic E-state index is -0.236. The predicted molar refractivity (Wildman–Crippen MR) is 112 cm³/mol. The van der Waals surface area contributed by atoms with Gasteiger partial charge in [-0.25, -0.2) is 4.68 Å². The number of amides is 1. The zero-order chi connectivity index (χ0) is 19.5. The first kappa shape index (κ1) is 18.7. The Kier molecular flexibility index (Phi) is 5.43. The number of nitrogens with zero attached hydrogens (tertiary/aromatic N) is 4. The van der Waals surface area contributed by atoms with Crippen molar-refractivity contribution in [3.8, 4) is 5.69 Å². The number of carbonyl (C=O) groups excluding carboxylic acids is 1. The summed E-state index contributed by atoms with van der Waals surface area (Å²) < 4.78 is 2.50. The van der Waals surface area contributed by atoms with E-state index in [4.69, 9.17) is 11.6 Å². The van der Waals surface area contributed by atoms with Crippen LogP contribution in [0.25, 0.3) is 5.69 Å². The van der Waals surface area contributed by atoms with Crippen LogP contribution in [-0.2, 0) is 0 Å². The first-order valence-corrected chi connectivity index (χ1v) is 10.3. The Balaban J connectivity index is 1.51. The summed E-state index contributed by atoms with van der Waals surface area (Å²) in [5.74, 6) is -0.236. The molecular formula is C19H14ClN5OS2. The zero-order valence-electron chi connectivity index (χ0n) is 14.7. The van der Waals surface area contributed by atoms with Gasteiger partial charge >= 0.3 is 0 Å². The van der Waals surface area contributed by atoms with E-state index in [-0.39, 0.29) is 5.91 Å². The van der Waals surface area contributed by atoms with Gasteiger partial charge in [0.05, 0.1) is 22.0 Å². The number of hydrogen-bond acceptors (Lipinski definition) is 6. The summed E-state index contributed by atoms with van der Waals surface area (Å²) in [5, 5.41) is 15.7.